The fourth-order valence-electron chi connectivity index (χ4n) is 3.39. The third-order valence-corrected chi connectivity index (χ3v) is 5.07. The number of rotatable bonds is 5. The molecule has 0 unspecified atom stereocenters. The number of alkyl halides is 3. The number of benzene rings is 3. The van der Waals surface area contributed by atoms with Gasteiger partial charge in [-0.15, -0.1) is 0 Å². The predicted octanol–water partition coefficient (Wildman–Crippen LogP) is 5.65. The second kappa shape index (κ2) is 8.91. The summed E-state index contributed by atoms with van der Waals surface area (Å²) in [5.74, 6) is -0.583. The van der Waals surface area contributed by atoms with E-state index in [9.17, 15) is 22.8 Å². The van der Waals surface area contributed by atoms with E-state index in [0.29, 0.717) is 27.5 Å². The largest absolute Gasteiger partial charge is 0.416 e. The van der Waals surface area contributed by atoms with E-state index in [4.69, 9.17) is 11.6 Å². The number of carbonyl (C=O) groups excluding carboxylic acids is 2. The third kappa shape index (κ3) is 4.80. The molecule has 0 saturated carbocycles. The van der Waals surface area contributed by atoms with Crippen LogP contribution >= 0.6 is 11.6 Å². The topological polar surface area (TPSA) is 64.0 Å². The fourth-order valence-corrected chi connectivity index (χ4v) is 3.62. The smallest absolute Gasteiger partial charge is 0.295 e. The van der Waals surface area contributed by atoms with E-state index in [2.05, 4.69) is 5.10 Å². The van der Waals surface area contributed by atoms with Crippen LogP contribution in [0.4, 0.5) is 13.2 Å². The second-order valence-electron chi connectivity index (χ2n) is 7.06. The van der Waals surface area contributed by atoms with Crippen molar-refractivity contribution in [3.05, 3.63) is 89.0 Å². The minimum atomic E-state index is -4.42. The molecule has 0 bridgehead atoms. The molecule has 0 aliphatic heterocycles. The van der Waals surface area contributed by atoms with Crippen LogP contribution in [0, 0.1) is 0 Å². The predicted molar refractivity (Wildman–Crippen MR) is 120 cm³/mol. The molecule has 0 saturated heterocycles. The molecule has 5 nitrogen and oxygen atoms in total. The lowest BCUT2D eigenvalue weighted by Gasteiger charge is -2.07. The molecule has 166 valence electrons. The number of aromatic nitrogens is 2. The van der Waals surface area contributed by atoms with Gasteiger partial charge in [-0.05, 0) is 48.0 Å². The van der Waals surface area contributed by atoms with Crippen LogP contribution in [0.15, 0.2) is 72.8 Å². The summed E-state index contributed by atoms with van der Waals surface area (Å²) in [5.41, 5.74) is 2.22. The Morgan fingerprint density at radius 3 is 2.45 bits per heavy atom. The zero-order valence-electron chi connectivity index (χ0n) is 16.8. The molecule has 0 aliphatic rings. The highest BCUT2D eigenvalue weighted by molar-refractivity contribution is 6.31. The van der Waals surface area contributed by atoms with E-state index in [0.717, 1.165) is 23.0 Å². The van der Waals surface area contributed by atoms with Crippen LogP contribution in [-0.2, 0) is 15.8 Å². The summed E-state index contributed by atoms with van der Waals surface area (Å²) in [6.45, 7) is 0. The summed E-state index contributed by atoms with van der Waals surface area (Å²) >= 11 is 6.27. The molecule has 0 fully saturated rings. The van der Waals surface area contributed by atoms with Gasteiger partial charge in [0.05, 0.1) is 16.8 Å². The van der Waals surface area contributed by atoms with Crippen molar-refractivity contribution < 1.29 is 22.8 Å². The lowest BCUT2D eigenvalue weighted by atomic mass is 10.1. The van der Waals surface area contributed by atoms with E-state index in [1.807, 2.05) is 29.6 Å². The van der Waals surface area contributed by atoms with Gasteiger partial charge in [-0.25, -0.2) is 4.68 Å². The number of hydrogen-bond acceptors (Lipinski definition) is 3. The highest BCUT2D eigenvalue weighted by Crippen LogP contribution is 2.34. The third-order valence-electron chi connectivity index (χ3n) is 4.85. The van der Waals surface area contributed by atoms with Gasteiger partial charge in [0.25, 0.3) is 0 Å². The Labute approximate surface area is 191 Å². The molecular weight excluding hydrogens is 455 g/mol. The van der Waals surface area contributed by atoms with E-state index < -0.39 is 17.6 Å². The lowest BCUT2D eigenvalue weighted by Crippen LogP contribution is -2.17. The zero-order chi connectivity index (χ0) is 23.6. The molecule has 4 aromatic rings. The van der Waals surface area contributed by atoms with Crippen molar-refractivity contribution in [2.75, 3.05) is 0 Å². The maximum atomic E-state index is 13.0. The molecule has 4 rings (SSSR count). The Kier molecular flexibility index (Phi) is 6.02. The number of hydrogen-bond donors (Lipinski definition) is 1. The molecule has 0 spiro atoms. The number of fused-ring (bicyclic) bond motifs is 1. The summed E-state index contributed by atoms with van der Waals surface area (Å²) in [7, 11) is 0. The summed E-state index contributed by atoms with van der Waals surface area (Å²) in [5, 5.41) is 7.80. The number of carbonyl (C=O) groups is 2. The minimum absolute atomic E-state index is 0.286. The van der Waals surface area contributed by atoms with E-state index in [-0.39, 0.29) is 6.41 Å². The van der Waals surface area contributed by atoms with Crippen LogP contribution in [0.2, 0.25) is 5.02 Å². The molecule has 1 heterocycles. The van der Waals surface area contributed by atoms with Gasteiger partial charge in [0.2, 0.25) is 12.3 Å². The average Bonchev–Trinajstić information content (AvgIpc) is 3.17. The van der Waals surface area contributed by atoms with Crippen molar-refractivity contribution in [2.24, 2.45) is 0 Å². The summed E-state index contributed by atoms with van der Waals surface area (Å²) < 4.78 is 40.5. The van der Waals surface area contributed by atoms with E-state index in [1.165, 1.54) is 24.3 Å². The highest BCUT2D eigenvalue weighted by atomic mass is 35.5. The first-order chi connectivity index (χ1) is 15.8. The van der Waals surface area contributed by atoms with Crippen LogP contribution in [0.25, 0.3) is 33.9 Å². The molecule has 0 radical (unpaired) electrons. The van der Waals surface area contributed by atoms with E-state index in [1.54, 1.807) is 22.9 Å². The quantitative estimate of drug-likeness (QED) is 0.303. The van der Waals surface area contributed by atoms with Gasteiger partial charge in [-0.3, -0.25) is 14.9 Å². The van der Waals surface area contributed by atoms with Crippen LogP contribution in [-0.4, -0.2) is 22.1 Å². The number of amides is 2. The summed E-state index contributed by atoms with van der Waals surface area (Å²) in [6, 6.07) is 17.2. The van der Waals surface area contributed by atoms with E-state index >= 15 is 0 Å². The monoisotopic (exact) mass is 469 g/mol. The maximum absolute atomic E-state index is 13.0. The highest BCUT2D eigenvalue weighted by Gasteiger charge is 2.30. The van der Waals surface area contributed by atoms with Gasteiger partial charge in [-0.1, -0.05) is 41.9 Å². The van der Waals surface area contributed by atoms with Gasteiger partial charge in [0.1, 0.15) is 5.69 Å². The molecule has 2 amide bonds. The first-order valence-corrected chi connectivity index (χ1v) is 10.0. The first kappa shape index (κ1) is 22.3. The van der Waals surface area contributed by atoms with Gasteiger partial charge >= 0.3 is 6.18 Å². The minimum Gasteiger partial charge on any atom is -0.295 e. The van der Waals surface area contributed by atoms with Crippen LogP contribution in [0.5, 0.6) is 0 Å². The van der Waals surface area contributed by atoms with Crippen molar-refractivity contribution in [1.82, 2.24) is 15.1 Å². The number of para-hydroxylation sites is 1. The first-order valence-electron chi connectivity index (χ1n) is 9.65. The van der Waals surface area contributed by atoms with Crippen molar-refractivity contribution in [2.45, 2.75) is 6.18 Å². The van der Waals surface area contributed by atoms with Gasteiger partial charge in [-0.2, -0.15) is 18.3 Å². The Balaban J connectivity index is 1.80. The van der Waals surface area contributed by atoms with Gasteiger partial charge in [0.15, 0.2) is 0 Å². The van der Waals surface area contributed by atoms with Crippen molar-refractivity contribution in [1.29, 1.82) is 0 Å². The Hall–Kier alpha value is -3.91. The normalized spacial score (nSPS) is 11.8. The molecule has 33 heavy (non-hydrogen) atoms. The molecular formula is C24H15ClF3N3O2. The molecule has 9 heteroatoms. The van der Waals surface area contributed by atoms with Crippen LogP contribution < -0.4 is 5.32 Å². The molecule has 1 aromatic heterocycles. The Bertz CT molecular complexity index is 1380. The van der Waals surface area contributed by atoms with Crippen molar-refractivity contribution in [3.8, 4) is 16.9 Å². The van der Waals surface area contributed by atoms with Crippen molar-refractivity contribution in [3.63, 3.8) is 0 Å². The van der Waals surface area contributed by atoms with Crippen molar-refractivity contribution >= 4 is 40.9 Å². The SMILES string of the molecule is O=CNC(=O)C=Cc1cc(Cl)cc(-n2nc(-c3ccc(C(F)(F)F)cc3)c3ccccc32)c1. The average molecular weight is 470 g/mol. The van der Waals surface area contributed by atoms with Crippen LogP contribution in [0.3, 0.4) is 0 Å². The Morgan fingerprint density at radius 2 is 1.76 bits per heavy atom. The number of nitrogens with zero attached hydrogens (tertiary/aromatic N) is 2. The fraction of sp³-hybridized carbons (Fsp3) is 0.0417. The lowest BCUT2D eigenvalue weighted by molar-refractivity contribution is -0.137. The molecule has 0 atom stereocenters. The molecule has 1 N–H and O–H groups in total. The van der Waals surface area contributed by atoms with Gasteiger partial charge in [0, 0.05) is 22.0 Å². The molecule has 3 aromatic carbocycles. The summed E-state index contributed by atoms with van der Waals surface area (Å²) in [6.07, 6.45) is -1.45. The number of halogens is 4. The second-order valence-corrected chi connectivity index (χ2v) is 7.49. The van der Waals surface area contributed by atoms with Gasteiger partial charge < -0.3 is 0 Å². The number of imide groups is 1. The maximum Gasteiger partial charge on any atom is 0.416 e. The summed E-state index contributed by atoms with van der Waals surface area (Å²) in [4.78, 5) is 21.9. The Morgan fingerprint density at radius 1 is 1.03 bits per heavy atom. The molecule has 0 aliphatic carbocycles. The number of nitrogens with one attached hydrogen (secondary N) is 1. The zero-order valence-corrected chi connectivity index (χ0v) is 17.6. The van der Waals surface area contributed by atoms with Crippen LogP contribution in [0.1, 0.15) is 11.1 Å². The standard InChI is InChI=1S/C24H15ClF3N3O2/c25-18-11-15(5-10-22(33)29-14-32)12-19(13-18)31-21-4-2-1-3-20(21)23(30-31)16-6-8-17(9-7-16)24(26,27)28/h1-14H,(H,29,32,33).